The van der Waals surface area contributed by atoms with E-state index < -0.39 is 5.91 Å². The number of amides is 4. The van der Waals surface area contributed by atoms with Crippen LogP contribution in [0.5, 0.6) is 0 Å². The van der Waals surface area contributed by atoms with Crippen LogP contribution < -0.4 is 30.7 Å². The summed E-state index contributed by atoms with van der Waals surface area (Å²) in [5.41, 5.74) is 14.9. The van der Waals surface area contributed by atoms with Crippen LogP contribution >= 0.6 is 34.3 Å². The number of hydrogen-bond acceptors (Lipinski definition) is 16. The van der Waals surface area contributed by atoms with E-state index in [9.17, 15) is 37.5 Å². The number of Topliss-reactive ketones (excluding diaryl/α,β-unsaturated/α-hetero) is 2. The minimum Gasteiger partial charge on any atom is -0.381 e. The molecule has 12 heterocycles. The first kappa shape index (κ1) is 75.0. The molecule has 111 heavy (non-hydrogen) atoms. The van der Waals surface area contributed by atoms with E-state index in [1.54, 1.807) is 89.5 Å². The van der Waals surface area contributed by atoms with Gasteiger partial charge < -0.3 is 49.6 Å². The molecule has 23 heteroatoms. The zero-order valence-electron chi connectivity index (χ0n) is 61.8. The Morgan fingerprint density at radius 2 is 0.955 bits per heavy atom. The van der Waals surface area contributed by atoms with Crippen LogP contribution in [0.25, 0.3) is 20.9 Å². The highest BCUT2D eigenvalue weighted by Crippen LogP contribution is 2.47. The van der Waals surface area contributed by atoms with Crippen molar-refractivity contribution in [1.29, 1.82) is 0 Å². The molecule has 0 aliphatic carbocycles. The normalized spacial score (nSPS) is 16.8. The summed E-state index contributed by atoms with van der Waals surface area (Å²) in [6.07, 6.45) is 7.07. The van der Waals surface area contributed by atoms with Crippen molar-refractivity contribution in [1.82, 2.24) is 15.3 Å². The number of hydrogen-bond donors (Lipinski definition) is 3. The molecule has 4 aromatic heterocycles. The van der Waals surface area contributed by atoms with Crippen LogP contribution in [0.3, 0.4) is 0 Å². The third-order valence-corrected chi connectivity index (χ3v) is 25.4. The van der Waals surface area contributed by atoms with Crippen LogP contribution in [0.15, 0.2) is 158 Å². The Bertz CT molecular complexity index is 5230. The summed E-state index contributed by atoms with van der Waals surface area (Å²) in [6, 6.07) is 46.3. The lowest BCUT2D eigenvalue weighted by molar-refractivity contribution is -0.0130. The summed E-state index contributed by atoms with van der Waals surface area (Å²) >= 11 is 9.11. The molecule has 8 aliphatic rings. The molecule has 568 valence electrons. The molecule has 0 radical (unpaired) electrons. The van der Waals surface area contributed by atoms with Gasteiger partial charge >= 0.3 is 0 Å². The van der Waals surface area contributed by atoms with Gasteiger partial charge in [0.2, 0.25) is 0 Å². The van der Waals surface area contributed by atoms with Gasteiger partial charge in [0.15, 0.2) is 11.6 Å². The third kappa shape index (κ3) is 15.9. The molecule has 10 aromatic rings. The molecule has 4 amide bonds. The van der Waals surface area contributed by atoms with E-state index in [1.165, 1.54) is 60.7 Å². The number of pyridine rings is 2. The van der Waals surface area contributed by atoms with E-state index in [0.29, 0.717) is 119 Å². The van der Waals surface area contributed by atoms with Gasteiger partial charge in [-0.25, -0.2) is 18.7 Å². The van der Waals surface area contributed by atoms with Crippen LogP contribution in [0.4, 0.5) is 37.3 Å². The van der Waals surface area contributed by atoms with Gasteiger partial charge in [-0.05, 0) is 188 Å². The minimum atomic E-state index is -0.399. The van der Waals surface area contributed by atoms with Crippen LogP contribution in [0.2, 0.25) is 5.15 Å². The molecule has 0 bridgehead atoms. The topological polar surface area (TPSA) is 211 Å². The number of fused-ring (bicyclic) bond motifs is 8. The fourth-order valence-corrected chi connectivity index (χ4v) is 18.6. The second-order valence-electron chi connectivity index (χ2n) is 29.9. The standard InChI is InChI=1S/C44H41FN4O5S.C37H29ClFN3O4S.C7H13NO/c1-27-5-4-7-35(45)33(27)23-38(50)39-22-29-13-17-49(37-8-3-2-6-32(37)40(29)55-39)43(52)28-9-11-31(12-10-28)46-42(51)34-21-30-24-54-18-14-36(30)47-41(34)48-25-44(26-48)15-19-53-20-16-44;1-21-5-4-7-29(39)27(21)19-32(43)33-18-23-13-15-42(31-8-3-2-6-26(31)34(23)47-33)37(45)22-9-11-25(12-10-22)40-36(44)28-17-24-20-46-16-14-30(24)41-35(28)38;1-3-9-4-2-7(1)5-8-6-7/h2-12,21-22H,13-20,23-26H2,1H3,(H,46,51);2-12,17-18H,13-16,19-20H2,1H3,(H,40,44);8H,1-6H2. The Morgan fingerprint density at radius 3 is 1.41 bits per heavy atom. The number of rotatable bonds is 13. The lowest BCUT2D eigenvalue weighted by atomic mass is 9.73. The number of halogens is 3. The van der Waals surface area contributed by atoms with Crippen LogP contribution in [0.1, 0.15) is 142 Å². The number of carbonyl (C=O) groups is 6. The summed E-state index contributed by atoms with van der Waals surface area (Å²) < 4.78 is 51.1. The fourth-order valence-electron chi connectivity index (χ4n) is 16.0. The van der Waals surface area contributed by atoms with Crippen molar-refractivity contribution in [3.05, 3.63) is 262 Å². The number of para-hydroxylation sites is 2. The number of aryl methyl sites for hydroxylation is 2. The molecule has 18 nitrogen and oxygen atoms in total. The van der Waals surface area contributed by atoms with E-state index in [0.717, 1.165) is 136 Å². The van der Waals surface area contributed by atoms with Crippen molar-refractivity contribution in [2.75, 3.05) is 104 Å². The van der Waals surface area contributed by atoms with E-state index >= 15 is 0 Å². The summed E-state index contributed by atoms with van der Waals surface area (Å²) in [7, 11) is 0. The number of benzene rings is 6. The highest BCUT2D eigenvalue weighted by Gasteiger charge is 2.46. The minimum absolute atomic E-state index is 0.00377. The highest BCUT2D eigenvalue weighted by molar-refractivity contribution is 7.18. The van der Waals surface area contributed by atoms with Crippen molar-refractivity contribution < 1.29 is 56.5 Å². The Balaban J connectivity index is 0.000000152. The zero-order valence-corrected chi connectivity index (χ0v) is 64.1. The number of nitrogens with one attached hydrogen (secondary N) is 3. The zero-order chi connectivity index (χ0) is 76.5. The third-order valence-electron chi connectivity index (χ3n) is 22.7. The molecule has 0 unspecified atom stereocenters. The van der Waals surface area contributed by atoms with Gasteiger partial charge in [-0.15, -0.1) is 22.7 Å². The smallest absolute Gasteiger partial charge is 0.259 e. The second-order valence-corrected chi connectivity index (χ2v) is 32.4. The molecule has 2 spiro atoms. The van der Waals surface area contributed by atoms with Gasteiger partial charge in [0.25, 0.3) is 23.6 Å². The SMILES string of the molecule is C1CC2(CCO1)CNC2.Cc1cccc(F)c1CC(=O)c1cc2c(s1)-c1ccccc1N(C(=O)c1ccc(NC(=O)c3cc4c(nc3Cl)CCOC4)cc1)CC2.Cc1cccc(F)c1CC(=O)c1cc2c(s1)-c1ccccc1N(C(=O)c1ccc(NC(=O)c3cc4c(nc3N3CC5(CCOCC5)C3)CCOC4)cc1)CC2. The average molecular weight is 1550 g/mol. The fraction of sp³-hybridized carbons (Fsp3) is 0.318. The number of anilines is 5. The molecule has 4 saturated heterocycles. The summed E-state index contributed by atoms with van der Waals surface area (Å²) in [6.45, 7) is 14.2. The number of thiophene rings is 2. The van der Waals surface area contributed by atoms with Crippen molar-refractivity contribution >= 4 is 98.0 Å². The predicted molar refractivity (Wildman–Crippen MR) is 428 cm³/mol. The maximum Gasteiger partial charge on any atom is 0.259 e. The summed E-state index contributed by atoms with van der Waals surface area (Å²) in [5.74, 6) is -1.28. The van der Waals surface area contributed by atoms with E-state index in [4.69, 9.17) is 35.5 Å². The molecule has 18 rings (SSSR count). The lowest BCUT2D eigenvalue weighted by Crippen LogP contribution is -2.59. The first-order valence-electron chi connectivity index (χ1n) is 37.9. The number of carbonyl (C=O) groups excluding carboxylic acids is 6. The van der Waals surface area contributed by atoms with Gasteiger partial charge in [-0.2, -0.15) is 0 Å². The number of ketones is 2. The van der Waals surface area contributed by atoms with E-state index in [1.807, 2.05) is 79.7 Å². The largest absolute Gasteiger partial charge is 0.381 e. The van der Waals surface area contributed by atoms with Gasteiger partial charge in [0, 0.05) is 157 Å². The Labute approximate surface area is 655 Å². The monoisotopic (exact) mass is 1550 g/mol. The molecule has 0 atom stereocenters. The first-order valence-corrected chi connectivity index (χ1v) is 39.9. The first-order chi connectivity index (χ1) is 53.9. The Morgan fingerprint density at radius 1 is 0.505 bits per heavy atom. The van der Waals surface area contributed by atoms with E-state index in [2.05, 4.69) is 25.8 Å². The van der Waals surface area contributed by atoms with Crippen LogP contribution in [-0.2, 0) is 70.7 Å². The Hall–Kier alpha value is -10.0. The second kappa shape index (κ2) is 32.4. The average Bonchev–Trinajstić information content (AvgIpc) is 1.67. The molecule has 6 aromatic carbocycles. The lowest BCUT2D eigenvalue weighted by Gasteiger charge is -2.53. The van der Waals surface area contributed by atoms with E-state index in [-0.39, 0.29) is 69.9 Å². The molecular formula is C88H83ClF2N8O10S2. The Kier molecular flexibility index (Phi) is 21.9. The number of nitrogens with zero attached hydrogens (tertiary/aromatic N) is 5. The molecule has 8 aliphatic heterocycles. The van der Waals surface area contributed by atoms with Crippen molar-refractivity contribution in [3.63, 3.8) is 0 Å². The van der Waals surface area contributed by atoms with Gasteiger partial charge in [-0.1, -0.05) is 72.3 Å². The number of ether oxygens (including phenoxy) is 4. The quantitative estimate of drug-likeness (QED) is 0.0724. The molecule has 0 saturated carbocycles. The number of aromatic nitrogens is 2. The highest BCUT2D eigenvalue weighted by atomic mass is 35.5. The van der Waals surface area contributed by atoms with Crippen molar-refractivity contribution in [3.8, 4) is 20.9 Å². The van der Waals surface area contributed by atoms with Gasteiger partial charge in [0.05, 0.1) is 64.4 Å². The van der Waals surface area contributed by atoms with Crippen molar-refractivity contribution in [2.24, 2.45) is 10.8 Å². The van der Waals surface area contributed by atoms with Crippen molar-refractivity contribution in [2.45, 2.75) is 91.3 Å². The van der Waals surface area contributed by atoms with Crippen LogP contribution in [0, 0.1) is 36.3 Å². The van der Waals surface area contributed by atoms with Gasteiger partial charge in [0.1, 0.15) is 22.6 Å². The summed E-state index contributed by atoms with van der Waals surface area (Å²) in [5, 5.41) is 9.36. The predicted octanol–water partition coefficient (Wildman–Crippen LogP) is 16.1. The molecular weight excluding hydrogens is 1470 g/mol. The van der Waals surface area contributed by atoms with Gasteiger partial charge in [-0.3, -0.25) is 28.8 Å². The van der Waals surface area contributed by atoms with Crippen LogP contribution in [-0.4, -0.2) is 124 Å². The molecule has 3 N–H and O–H groups in total. The maximum absolute atomic E-state index is 14.6. The maximum atomic E-state index is 14.6. The summed E-state index contributed by atoms with van der Waals surface area (Å²) in [4.78, 5) is 99.8. The molecule has 4 fully saturated rings.